The van der Waals surface area contributed by atoms with E-state index in [1.54, 1.807) is 31.0 Å². The van der Waals surface area contributed by atoms with Crippen LogP contribution >= 0.6 is 0 Å². The maximum Gasteiger partial charge on any atom is 0.387 e. The highest BCUT2D eigenvalue weighted by Crippen LogP contribution is 2.30. The molecule has 2 aromatic rings. The molecule has 9 heteroatoms. The average Bonchev–Trinajstić information content (AvgIpc) is 2.74. The van der Waals surface area contributed by atoms with Crippen LogP contribution in [0.1, 0.15) is 23.6 Å². The van der Waals surface area contributed by atoms with Gasteiger partial charge in [0, 0.05) is 12.2 Å². The van der Waals surface area contributed by atoms with Crippen LogP contribution in [0.25, 0.3) is 0 Å². The molecule has 0 spiro atoms. The van der Waals surface area contributed by atoms with Crippen molar-refractivity contribution in [2.75, 3.05) is 26.0 Å². The number of halogens is 2. The van der Waals surface area contributed by atoms with Gasteiger partial charge in [-0.3, -0.25) is 14.5 Å². The lowest BCUT2D eigenvalue weighted by atomic mass is 10.1. The Labute approximate surface area is 186 Å². The van der Waals surface area contributed by atoms with Crippen LogP contribution in [0.3, 0.4) is 0 Å². The minimum Gasteiger partial charge on any atom is -0.493 e. The largest absolute Gasteiger partial charge is 0.493 e. The summed E-state index contributed by atoms with van der Waals surface area (Å²) in [6, 6.07) is 9.78. The third-order valence-corrected chi connectivity index (χ3v) is 5.09. The van der Waals surface area contributed by atoms with Gasteiger partial charge in [-0.05, 0) is 56.6 Å². The van der Waals surface area contributed by atoms with Gasteiger partial charge in [0.25, 0.3) is 0 Å². The van der Waals surface area contributed by atoms with E-state index in [0.717, 1.165) is 22.4 Å². The van der Waals surface area contributed by atoms with Gasteiger partial charge in [0.05, 0.1) is 19.7 Å². The van der Waals surface area contributed by atoms with Gasteiger partial charge >= 0.3 is 6.61 Å². The third kappa shape index (κ3) is 6.91. The molecule has 0 saturated heterocycles. The number of carbonyl (C=O) groups excluding carboxylic acids is 2. The zero-order chi connectivity index (χ0) is 23.8. The topological polar surface area (TPSA) is 79.9 Å². The molecule has 0 aliphatic rings. The number of para-hydroxylation sites is 1. The van der Waals surface area contributed by atoms with Crippen LogP contribution in [0.4, 0.5) is 14.5 Å². The Morgan fingerprint density at radius 2 is 1.75 bits per heavy atom. The Kier molecular flexibility index (Phi) is 8.95. The molecule has 2 rings (SSSR count). The van der Waals surface area contributed by atoms with Crippen molar-refractivity contribution in [3.8, 4) is 11.5 Å². The smallest absolute Gasteiger partial charge is 0.387 e. The van der Waals surface area contributed by atoms with E-state index in [0.29, 0.717) is 6.54 Å². The van der Waals surface area contributed by atoms with Crippen molar-refractivity contribution < 1.29 is 27.8 Å². The van der Waals surface area contributed by atoms with E-state index in [-0.39, 0.29) is 29.9 Å². The molecule has 1 unspecified atom stereocenters. The first kappa shape index (κ1) is 25.1. The van der Waals surface area contributed by atoms with Gasteiger partial charge in [-0.1, -0.05) is 24.3 Å². The second kappa shape index (κ2) is 11.4. The van der Waals surface area contributed by atoms with Gasteiger partial charge < -0.3 is 20.1 Å². The van der Waals surface area contributed by atoms with Gasteiger partial charge in [0.15, 0.2) is 11.5 Å². The summed E-state index contributed by atoms with van der Waals surface area (Å²) in [6.07, 6.45) is 0. The molecular formula is C23H29F2N3O4. The number of nitrogens with zero attached hydrogens (tertiary/aromatic N) is 1. The Bertz CT molecular complexity index is 933. The minimum absolute atomic E-state index is 0.0606. The first-order chi connectivity index (χ1) is 15.1. The van der Waals surface area contributed by atoms with E-state index in [9.17, 15) is 18.4 Å². The summed E-state index contributed by atoms with van der Waals surface area (Å²) in [6.45, 7) is 2.77. The molecule has 0 bridgehead atoms. The zero-order valence-corrected chi connectivity index (χ0v) is 18.9. The van der Waals surface area contributed by atoms with Gasteiger partial charge in [0.1, 0.15) is 0 Å². The molecule has 0 saturated carbocycles. The first-order valence-corrected chi connectivity index (χ1v) is 10.1. The van der Waals surface area contributed by atoms with Gasteiger partial charge in [-0.2, -0.15) is 8.78 Å². The van der Waals surface area contributed by atoms with Gasteiger partial charge in [0.2, 0.25) is 11.8 Å². The van der Waals surface area contributed by atoms with Crippen molar-refractivity contribution in [1.29, 1.82) is 0 Å². The molecule has 2 aromatic carbocycles. The molecule has 1 atom stereocenters. The minimum atomic E-state index is -2.95. The van der Waals surface area contributed by atoms with Crippen LogP contribution in [0, 0.1) is 13.8 Å². The molecule has 0 aliphatic carbocycles. The summed E-state index contributed by atoms with van der Waals surface area (Å²) in [5.41, 5.74) is 3.37. The van der Waals surface area contributed by atoms with E-state index >= 15 is 0 Å². The van der Waals surface area contributed by atoms with Crippen LogP contribution in [-0.4, -0.2) is 50.1 Å². The molecule has 174 valence electrons. The number of methoxy groups -OCH3 is 1. The van der Waals surface area contributed by atoms with Crippen molar-refractivity contribution in [2.45, 2.75) is 40.0 Å². The summed E-state index contributed by atoms with van der Waals surface area (Å²) in [5, 5.41) is 5.47. The highest BCUT2D eigenvalue weighted by Gasteiger charge is 2.20. The highest BCUT2D eigenvalue weighted by atomic mass is 19.3. The van der Waals surface area contributed by atoms with Gasteiger partial charge in [-0.15, -0.1) is 0 Å². The lowest BCUT2D eigenvalue weighted by Gasteiger charge is -2.24. The molecule has 32 heavy (non-hydrogen) atoms. The quantitative estimate of drug-likeness (QED) is 0.581. The van der Waals surface area contributed by atoms with Crippen LogP contribution < -0.4 is 20.1 Å². The van der Waals surface area contributed by atoms with Crippen LogP contribution in [0.15, 0.2) is 36.4 Å². The molecule has 7 nitrogen and oxygen atoms in total. The summed E-state index contributed by atoms with van der Waals surface area (Å²) in [7, 11) is 3.11. The predicted octanol–water partition coefficient (Wildman–Crippen LogP) is 3.49. The second-order valence-electron chi connectivity index (χ2n) is 7.49. The average molecular weight is 449 g/mol. The lowest BCUT2D eigenvalue weighted by molar-refractivity contribution is -0.127. The zero-order valence-electron chi connectivity index (χ0n) is 18.9. The number of anilines is 1. The second-order valence-corrected chi connectivity index (χ2v) is 7.49. The predicted molar refractivity (Wildman–Crippen MR) is 118 cm³/mol. The summed E-state index contributed by atoms with van der Waals surface area (Å²) < 4.78 is 34.5. The fourth-order valence-electron chi connectivity index (χ4n) is 3.14. The van der Waals surface area contributed by atoms with E-state index in [2.05, 4.69) is 15.4 Å². The number of rotatable bonds is 10. The standard InChI is InChI=1S/C23H29F2N3O4/c1-14-7-6-8-15(2)21(14)27-20(29)12-26-22(30)16(3)28(4)13-17-9-10-18(32-23(24)25)19(11-17)31-5/h6-11,16,23H,12-13H2,1-5H3,(H,26,30)(H,27,29). The number of likely N-dealkylation sites (N-methyl/N-ethyl adjacent to an activating group) is 1. The number of alkyl halides is 2. The number of nitrogens with one attached hydrogen (secondary N) is 2. The number of hydrogen-bond acceptors (Lipinski definition) is 5. The van der Waals surface area contributed by atoms with Crippen molar-refractivity contribution in [3.05, 3.63) is 53.1 Å². The summed E-state index contributed by atoms with van der Waals surface area (Å²) in [4.78, 5) is 26.5. The van der Waals surface area contributed by atoms with Crippen LogP contribution in [0.2, 0.25) is 0 Å². The Morgan fingerprint density at radius 3 is 2.34 bits per heavy atom. The molecule has 0 fully saturated rings. The molecule has 0 aromatic heterocycles. The normalized spacial score (nSPS) is 11.9. The van der Waals surface area contributed by atoms with Crippen molar-refractivity contribution >= 4 is 17.5 Å². The summed E-state index contributed by atoms with van der Waals surface area (Å²) in [5.74, 6) is -0.509. The van der Waals surface area contributed by atoms with E-state index in [4.69, 9.17) is 4.74 Å². The maximum absolute atomic E-state index is 12.5. The monoisotopic (exact) mass is 449 g/mol. The lowest BCUT2D eigenvalue weighted by Crippen LogP contribution is -2.45. The molecule has 0 aliphatic heterocycles. The van der Waals surface area contributed by atoms with Crippen molar-refractivity contribution in [3.63, 3.8) is 0 Å². The SMILES string of the molecule is COc1cc(CN(C)C(C)C(=O)NCC(=O)Nc2c(C)cccc2C)ccc1OC(F)F. The Hall–Kier alpha value is -3.20. The van der Waals surface area contributed by atoms with E-state index < -0.39 is 12.7 Å². The Morgan fingerprint density at radius 1 is 1.09 bits per heavy atom. The number of benzene rings is 2. The first-order valence-electron chi connectivity index (χ1n) is 10.1. The van der Waals surface area contributed by atoms with Crippen molar-refractivity contribution in [2.24, 2.45) is 0 Å². The van der Waals surface area contributed by atoms with E-state index in [1.807, 2.05) is 32.0 Å². The highest BCUT2D eigenvalue weighted by molar-refractivity contribution is 5.96. The van der Waals surface area contributed by atoms with E-state index in [1.165, 1.54) is 13.2 Å². The number of aryl methyl sites for hydroxylation is 2. The fraction of sp³-hybridized carbons (Fsp3) is 0.391. The summed E-state index contributed by atoms with van der Waals surface area (Å²) >= 11 is 0. The molecule has 0 heterocycles. The molecule has 0 radical (unpaired) electrons. The van der Waals surface area contributed by atoms with Crippen LogP contribution in [0.5, 0.6) is 11.5 Å². The number of hydrogen-bond donors (Lipinski definition) is 2. The number of carbonyl (C=O) groups is 2. The molecule has 2 amide bonds. The Balaban J connectivity index is 1.91. The van der Waals surface area contributed by atoms with Crippen molar-refractivity contribution in [1.82, 2.24) is 10.2 Å². The maximum atomic E-state index is 12.5. The molecular weight excluding hydrogens is 420 g/mol. The van der Waals surface area contributed by atoms with Gasteiger partial charge in [-0.25, -0.2) is 0 Å². The van der Waals surface area contributed by atoms with Crippen LogP contribution in [-0.2, 0) is 16.1 Å². The number of amides is 2. The molecule has 2 N–H and O–H groups in total. The third-order valence-electron chi connectivity index (χ3n) is 5.09. The number of ether oxygens (including phenoxy) is 2. The fourth-order valence-corrected chi connectivity index (χ4v) is 3.14.